The highest BCUT2D eigenvalue weighted by atomic mass is 32.2. The van der Waals surface area contributed by atoms with Crippen molar-refractivity contribution in [2.24, 2.45) is 10.9 Å². The summed E-state index contributed by atoms with van der Waals surface area (Å²) in [6.45, 7) is 0.818. The minimum absolute atomic E-state index is 0.553. The van der Waals surface area contributed by atoms with Crippen LogP contribution >= 0.6 is 11.8 Å². The lowest BCUT2D eigenvalue weighted by Crippen LogP contribution is -2.09. The SMILES string of the molecule is FC(F)(F)c1ccc(NC2=NCC(C3CC3)S2)cc1. The molecule has 1 N–H and O–H groups in total. The number of benzene rings is 1. The summed E-state index contributed by atoms with van der Waals surface area (Å²) in [5, 5.41) is 4.45. The molecule has 1 aromatic carbocycles. The first-order valence-electron chi connectivity index (χ1n) is 6.18. The molecule has 3 rings (SSSR count). The van der Waals surface area contributed by atoms with Gasteiger partial charge in [-0.25, -0.2) is 0 Å². The summed E-state index contributed by atoms with van der Waals surface area (Å²) in [5.41, 5.74) is 0.0191. The summed E-state index contributed by atoms with van der Waals surface area (Å²) in [4.78, 5) is 4.39. The van der Waals surface area contributed by atoms with Crippen LogP contribution < -0.4 is 5.32 Å². The van der Waals surface area contributed by atoms with Crippen molar-refractivity contribution in [3.63, 3.8) is 0 Å². The predicted octanol–water partition coefficient (Wildman–Crippen LogP) is 4.00. The van der Waals surface area contributed by atoms with E-state index in [4.69, 9.17) is 0 Å². The average molecular weight is 286 g/mol. The summed E-state index contributed by atoms with van der Waals surface area (Å²) in [7, 11) is 0. The van der Waals surface area contributed by atoms with Crippen LogP contribution in [-0.4, -0.2) is 17.0 Å². The zero-order valence-electron chi connectivity index (χ0n) is 10.1. The summed E-state index contributed by atoms with van der Waals surface area (Å²) < 4.78 is 37.3. The van der Waals surface area contributed by atoms with Gasteiger partial charge in [0.15, 0.2) is 5.17 Å². The van der Waals surface area contributed by atoms with Crippen LogP contribution in [0.4, 0.5) is 18.9 Å². The van der Waals surface area contributed by atoms with E-state index in [0.717, 1.165) is 29.8 Å². The lowest BCUT2D eigenvalue weighted by molar-refractivity contribution is -0.137. The molecule has 1 unspecified atom stereocenters. The van der Waals surface area contributed by atoms with Gasteiger partial charge in [-0.2, -0.15) is 13.2 Å². The highest BCUT2D eigenvalue weighted by molar-refractivity contribution is 8.15. The molecule has 1 atom stereocenters. The number of anilines is 1. The lowest BCUT2D eigenvalue weighted by atomic mass is 10.2. The molecule has 6 heteroatoms. The Bertz CT molecular complexity index is 492. The Hall–Kier alpha value is -1.17. The molecular weight excluding hydrogens is 273 g/mol. The molecular formula is C13H13F3N2S. The summed E-state index contributed by atoms with van der Waals surface area (Å²) in [5.74, 6) is 0.778. The van der Waals surface area contributed by atoms with Crippen molar-refractivity contribution < 1.29 is 13.2 Å². The maximum Gasteiger partial charge on any atom is 0.416 e. The Labute approximate surface area is 113 Å². The van der Waals surface area contributed by atoms with E-state index in [1.54, 1.807) is 11.8 Å². The quantitative estimate of drug-likeness (QED) is 0.888. The molecule has 1 heterocycles. The Kier molecular flexibility index (Phi) is 3.20. The molecule has 19 heavy (non-hydrogen) atoms. The largest absolute Gasteiger partial charge is 0.416 e. The van der Waals surface area contributed by atoms with Gasteiger partial charge < -0.3 is 5.32 Å². The van der Waals surface area contributed by atoms with Gasteiger partial charge in [-0.1, -0.05) is 11.8 Å². The number of hydrogen-bond acceptors (Lipinski definition) is 3. The fourth-order valence-electron chi connectivity index (χ4n) is 2.04. The monoisotopic (exact) mass is 286 g/mol. The average Bonchev–Trinajstić information content (AvgIpc) is 3.10. The highest BCUT2D eigenvalue weighted by Gasteiger charge is 2.35. The zero-order valence-corrected chi connectivity index (χ0v) is 10.9. The molecule has 1 aliphatic carbocycles. The van der Waals surface area contributed by atoms with Crippen LogP contribution in [0.15, 0.2) is 29.3 Å². The number of amidine groups is 1. The second-order valence-corrected chi connectivity index (χ2v) is 6.07. The van der Waals surface area contributed by atoms with Gasteiger partial charge in [0.05, 0.1) is 12.1 Å². The Balaban J connectivity index is 1.61. The summed E-state index contributed by atoms with van der Waals surface area (Å²) >= 11 is 1.70. The van der Waals surface area contributed by atoms with Gasteiger partial charge in [0.25, 0.3) is 0 Å². The van der Waals surface area contributed by atoms with Crippen molar-refractivity contribution in [3.05, 3.63) is 29.8 Å². The van der Waals surface area contributed by atoms with E-state index in [-0.39, 0.29) is 0 Å². The van der Waals surface area contributed by atoms with E-state index < -0.39 is 11.7 Å². The highest BCUT2D eigenvalue weighted by Crippen LogP contribution is 2.42. The molecule has 0 amide bonds. The zero-order chi connectivity index (χ0) is 13.5. The minimum atomic E-state index is -4.28. The number of thioether (sulfide) groups is 1. The maximum absolute atomic E-state index is 12.4. The first-order chi connectivity index (χ1) is 9.02. The van der Waals surface area contributed by atoms with Gasteiger partial charge in [0.2, 0.25) is 0 Å². The molecule has 2 nitrogen and oxygen atoms in total. The third-order valence-corrected chi connectivity index (χ3v) is 4.58. The predicted molar refractivity (Wildman–Crippen MR) is 71.5 cm³/mol. The molecule has 1 saturated carbocycles. The van der Waals surface area contributed by atoms with Crippen LogP contribution in [0.3, 0.4) is 0 Å². The molecule has 102 valence electrons. The van der Waals surface area contributed by atoms with Crippen molar-refractivity contribution >= 4 is 22.6 Å². The van der Waals surface area contributed by atoms with Crippen molar-refractivity contribution in [1.82, 2.24) is 0 Å². The Morgan fingerprint density at radius 2 is 1.84 bits per heavy atom. The molecule has 0 aromatic heterocycles. The number of rotatable bonds is 2. The molecule has 1 aliphatic heterocycles. The Morgan fingerprint density at radius 1 is 1.16 bits per heavy atom. The van der Waals surface area contributed by atoms with Crippen LogP contribution in [0.25, 0.3) is 0 Å². The second kappa shape index (κ2) is 4.74. The number of nitrogens with one attached hydrogen (secondary N) is 1. The number of hydrogen-bond donors (Lipinski definition) is 1. The Morgan fingerprint density at radius 3 is 2.42 bits per heavy atom. The first kappa shape index (κ1) is 12.8. The van der Waals surface area contributed by atoms with Crippen molar-refractivity contribution in [1.29, 1.82) is 0 Å². The third kappa shape index (κ3) is 3.05. The van der Waals surface area contributed by atoms with Crippen molar-refractivity contribution in [2.75, 3.05) is 11.9 Å². The molecule has 2 aliphatic rings. The summed E-state index contributed by atoms with van der Waals surface area (Å²) in [6.07, 6.45) is -1.73. The van der Waals surface area contributed by atoms with Crippen LogP contribution in [0.2, 0.25) is 0 Å². The van der Waals surface area contributed by atoms with E-state index in [1.165, 1.54) is 25.0 Å². The van der Waals surface area contributed by atoms with Gasteiger partial charge in [-0.05, 0) is 43.0 Å². The van der Waals surface area contributed by atoms with Crippen molar-refractivity contribution in [3.8, 4) is 0 Å². The van der Waals surface area contributed by atoms with E-state index in [1.807, 2.05) is 0 Å². The molecule has 0 bridgehead atoms. The molecule has 0 radical (unpaired) electrons. The lowest BCUT2D eigenvalue weighted by Gasteiger charge is -2.10. The van der Waals surface area contributed by atoms with Crippen LogP contribution in [0.1, 0.15) is 18.4 Å². The van der Waals surface area contributed by atoms with Gasteiger partial charge in [0.1, 0.15) is 0 Å². The minimum Gasteiger partial charge on any atom is -0.335 e. The second-order valence-electron chi connectivity index (χ2n) is 4.84. The normalized spacial score (nSPS) is 23.3. The smallest absolute Gasteiger partial charge is 0.335 e. The fourth-order valence-corrected chi connectivity index (χ4v) is 3.27. The van der Waals surface area contributed by atoms with E-state index >= 15 is 0 Å². The van der Waals surface area contributed by atoms with E-state index in [0.29, 0.717) is 10.9 Å². The standard InChI is InChI=1S/C13H13F3N2S/c14-13(15,16)9-3-5-10(6-4-9)18-12-17-7-11(19-12)8-1-2-8/h3-6,8,11H,1-2,7H2,(H,17,18). The van der Waals surface area contributed by atoms with Gasteiger partial charge >= 0.3 is 6.18 Å². The number of nitrogens with zero attached hydrogens (tertiary/aromatic N) is 1. The van der Waals surface area contributed by atoms with Crippen LogP contribution in [0.5, 0.6) is 0 Å². The maximum atomic E-state index is 12.4. The van der Waals surface area contributed by atoms with Gasteiger partial charge in [-0.15, -0.1) is 0 Å². The van der Waals surface area contributed by atoms with Crippen molar-refractivity contribution in [2.45, 2.75) is 24.3 Å². The third-order valence-electron chi connectivity index (χ3n) is 3.29. The van der Waals surface area contributed by atoms with Crippen LogP contribution in [0, 0.1) is 5.92 Å². The van der Waals surface area contributed by atoms with Crippen LogP contribution in [-0.2, 0) is 6.18 Å². The topological polar surface area (TPSA) is 24.4 Å². The van der Waals surface area contributed by atoms with Gasteiger partial charge in [-0.3, -0.25) is 4.99 Å². The number of aliphatic imine (C=N–C) groups is 1. The molecule has 1 fully saturated rings. The number of halogens is 3. The number of alkyl halides is 3. The fraction of sp³-hybridized carbons (Fsp3) is 0.462. The molecule has 0 spiro atoms. The summed E-state index contributed by atoms with van der Waals surface area (Å²) in [6, 6.07) is 5.05. The first-order valence-corrected chi connectivity index (χ1v) is 7.06. The van der Waals surface area contributed by atoms with Gasteiger partial charge in [0, 0.05) is 10.9 Å². The van der Waals surface area contributed by atoms with E-state index in [2.05, 4.69) is 10.3 Å². The van der Waals surface area contributed by atoms with E-state index in [9.17, 15) is 13.2 Å². The molecule has 1 aromatic rings. The molecule has 0 saturated heterocycles.